The predicted octanol–water partition coefficient (Wildman–Crippen LogP) is 3.01. The van der Waals surface area contributed by atoms with E-state index in [0.717, 1.165) is 21.3 Å². The van der Waals surface area contributed by atoms with Crippen LogP contribution in [0.4, 0.5) is 5.13 Å². The van der Waals surface area contributed by atoms with Gasteiger partial charge in [-0.05, 0) is 30.9 Å². The van der Waals surface area contributed by atoms with Crippen molar-refractivity contribution >= 4 is 38.5 Å². The normalized spacial score (nSPS) is 12.5. The molecule has 0 fully saturated rings. The highest BCUT2D eigenvalue weighted by Crippen LogP contribution is 2.31. The van der Waals surface area contributed by atoms with Crippen LogP contribution in [0.5, 0.6) is 0 Å². The average molecular weight is 319 g/mol. The van der Waals surface area contributed by atoms with Gasteiger partial charge in [0.15, 0.2) is 5.13 Å². The molecule has 1 aromatic heterocycles. The molecule has 5 nitrogen and oxygen atoms in total. The molecule has 22 heavy (non-hydrogen) atoms. The standard InChI is InChI=1S/C16H21N3O2S/c1-8(2)12(17-11(5)20)15(21)19-16-18-13-9(3)6-7-10(4)14(13)22-16/h6-8,12H,1-5H3,(H,17,20)(H,18,19,21)/t12-/m0/s1. The lowest BCUT2D eigenvalue weighted by atomic mass is 10.0. The summed E-state index contributed by atoms with van der Waals surface area (Å²) < 4.78 is 1.08. The number of hydrogen-bond acceptors (Lipinski definition) is 4. The zero-order valence-electron chi connectivity index (χ0n) is 13.5. The number of amides is 2. The van der Waals surface area contributed by atoms with Gasteiger partial charge in [0.1, 0.15) is 6.04 Å². The van der Waals surface area contributed by atoms with E-state index in [1.54, 1.807) is 0 Å². The quantitative estimate of drug-likeness (QED) is 0.910. The Bertz CT molecular complexity index is 682. The largest absolute Gasteiger partial charge is 0.344 e. The number of hydrogen-bond donors (Lipinski definition) is 2. The van der Waals surface area contributed by atoms with Crippen LogP contribution in [0.15, 0.2) is 12.1 Å². The minimum atomic E-state index is -0.563. The minimum absolute atomic E-state index is 0.00162. The van der Waals surface area contributed by atoms with Crippen LogP contribution in [-0.4, -0.2) is 22.8 Å². The van der Waals surface area contributed by atoms with Gasteiger partial charge in [-0.3, -0.25) is 9.59 Å². The fraction of sp³-hybridized carbons (Fsp3) is 0.438. The van der Waals surface area contributed by atoms with E-state index in [0.29, 0.717) is 5.13 Å². The molecule has 0 radical (unpaired) electrons. The Labute approximate surface area is 134 Å². The van der Waals surface area contributed by atoms with E-state index in [2.05, 4.69) is 21.7 Å². The topological polar surface area (TPSA) is 71.1 Å². The van der Waals surface area contributed by atoms with E-state index in [1.807, 2.05) is 33.8 Å². The first-order chi connectivity index (χ1) is 10.3. The maximum atomic E-state index is 12.4. The maximum Gasteiger partial charge on any atom is 0.248 e. The number of anilines is 1. The summed E-state index contributed by atoms with van der Waals surface area (Å²) >= 11 is 1.46. The SMILES string of the molecule is CC(=O)N[C@H](C(=O)Nc1nc2c(C)ccc(C)c2s1)C(C)C. The molecule has 0 aliphatic heterocycles. The highest BCUT2D eigenvalue weighted by atomic mass is 32.1. The highest BCUT2D eigenvalue weighted by Gasteiger charge is 2.24. The Morgan fingerprint density at radius 3 is 2.36 bits per heavy atom. The summed E-state index contributed by atoms with van der Waals surface area (Å²) in [5.74, 6) is -0.453. The second-order valence-electron chi connectivity index (χ2n) is 5.81. The second kappa shape index (κ2) is 6.44. The number of carbonyl (C=O) groups is 2. The van der Waals surface area contributed by atoms with E-state index in [-0.39, 0.29) is 17.7 Å². The van der Waals surface area contributed by atoms with Crippen molar-refractivity contribution in [1.82, 2.24) is 10.3 Å². The van der Waals surface area contributed by atoms with Gasteiger partial charge in [-0.15, -0.1) is 0 Å². The third kappa shape index (κ3) is 3.44. The average Bonchev–Trinajstić information content (AvgIpc) is 2.84. The number of rotatable bonds is 4. The van der Waals surface area contributed by atoms with Gasteiger partial charge in [-0.1, -0.05) is 37.3 Å². The lowest BCUT2D eigenvalue weighted by Gasteiger charge is -2.20. The van der Waals surface area contributed by atoms with E-state index >= 15 is 0 Å². The molecular weight excluding hydrogens is 298 g/mol. The van der Waals surface area contributed by atoms with Gasteiger partial charge < -0.3 is 10.6 Å². The van der Waals surface area contributed by atoms with Gasteiger partial charge in [0, 0.05) is 6.92 Å². The monoisotopic (exact) mass is 319 g/mol. The first-order valence-electron chi connectivity index (χ1n) is 7.24. The van der Waals surface area contributed by atoms with Crippen molar-refractivity contribution in [2.24, 2.45) is 5.92 Å². The Balaban J connectivity index is 2.26. The lowest BCUT2D eigenvalue weighted by Crippen LogP contribution is -2.46. The molecule has 1 atom stereocenters. The molecule has 0 aliphatic carbocycles. The van der Waals surface area contributed by atoms with E-state index in [1.165, 1.54) is 18.3 Å². The fourth-order valence-corrected chi connectivity index (χ4v) is 3.26. The maximum absolute atomic E-state index is 12.4. The number of thiazole rings is 1. The number of benzene rings is 1. The minimum Gasteiger partial charge on any atom is -0.344 e. The third-order valence-electron chi connectivity index (χ3n) is 3.48. The lowest BCUT2D eigenvalue weighted by molar-refractivity contribution is -0.126. The Morgan fingerprint density at radius 1 is 1.18 bits per heavy atom. The molecule has 0 unspecified atom stereocenters. The molecule has 0 bridgehead atoms. The van der Waals surface area contributed by atoms with Gasteiger partial charge in [-0.2, -0.15) is 0 Å². The molecule has 2 amide bonds. The molecule has 1 heterocycles. The molecule has 0 aliphatic rings. The summed E-state index contributed by atoms with van der Waals surface area (Å²) in [6.45, 7) is 9.23. The van der Waals surface area contributed by atoms with Crippen molar-refractivity contribution in [3.63, 3.8) is 0 Å². The summed E-state index contributed by atoms with van der Waals surface area (Å²) in [6, 6.07) is 3.51. The van der Waals surface area contributed by atoms with Gasteiger partial charge in [0.25, 0.3) is 0 Å². The second-order valence-corrected chi connectivity index (χ2v) is 6.81. The van der Waals surface area contributed by atoms with Crippen LogP contribution >= 0.6 is 11.3 Å². The van der Waals surface area contributed by atoms with Crippen LogP contribution in [0.1, 0.15) is 31.9 Å². The van der Waals surface area contributed by atoms with E-state index in [9.17, 15) is 9.59 Å². The van der Waals surface area contributed by atoms with E-state index in [4.69, 9.17) is 0 Å². The Kier molecular flexibility index (Phi) is 4.81. The molecule has 118 valence electrons. The zero-order valence-corrected chi connectivity index (χ0v) is 14.3. The van der Waals surface area contributed by atoms with Crippen LogP contribution in [0, 0.1) is 19.8 Å². The van der Waals surface area contributed by atoms with Crippen LogP contribution in [-0.2, 0) is 9.59 Å². The van der Waals surface area contributed by atoms with Crippen molar-refractivity contribution in [2.75, 3.05) is 5.32 Å². The summed E-state index contributed by atoms with van der Waals surface area (Å²) in [6.07, 6.45) is 0. The summed E-state index contributed by atoms with van der Waals surface area (Å²) in [4.78, 5) is 28.1. The van der Waals surface area contributed by atoms with E-state index < -0.39 is 6.04 Å². The van der Waals surface area contributed by atoms with Gasteiger partial charge in [0.05, 0.1) is 10.2 Å². The predicted molar refractivity (Wildman–Crippen MR) is 90.2 cm³/mol. The first kappa shape index (κ1) is 16.4. The molecule has 0 saturated heterocycles. The van der Waals surface area contributed by atoms with Crippen LogP contribution in [0.25, 0.3) is 10.2 Å². The van der Waals surface area contributed by atoms with Gasteiger partial charge >= 0.3 is 0 Å². The van der Waals surface area contributed by atoms with Crippen LogP contribution < -0.4 is 10.6 Å². The Morgan fingerprint density at radius 2 is 1.82 bits per heavy atom. The number of carbonyl (C=O) groups excluding carboxylic acids is 2. The smallest absolute Gasteiger partial charge is 0.248 e. The number of nitrogens with one attached hydrogen (secondary N) is 2. The molecular formula is C16H21N3O2S. The summed E-state index contributed by atoms with van der Waals surface area (Å²) in [7, 11) is 0. The van der Waals surface area contributed by atoms with Crippen molar-refractivity contribution in [2.45, 2.75) is 40.7 Å². The van der Waals surface area contributed by atoms with Crippen molar-refractivity contribution < 1.29 is 9.59 Å². The number of aryl methyl sites for hydroxylation is 2. The highest BCUT2D eigenvalue weighted by molar-refractivity contribution is 7.22. The van der Waals surface area contributed by atoms with Crippen molar-refractivity contribution in [1.29, 1.82) is 0 Å². The first-order valence-corrected chi connectivity index (χ1v) is 8.06. The van der Waals surface area contributed by atoms with Crippen molar-refractivity contribution in [3.05, 3.63) is 23.3 Å². The van der Waals surface area contributed by atoms with Crippen LogP contribution in [0.3, 0.4) is 0 Å². The molecule has 0 saturated carbocycles. The summed E-state index contributed by atoms with van der Waals surface area (Å²) in [5.41, 5.74) is 3.14. The molecule has 2 aromatic rings. The zero-order chi connectivity index (χ0) is 16.4. The molecule has 2 rings (SSSR count). The molecule has 6 heteroatoms. The Hall–Kier alpha value is -1.95. The van der Waals surface area contributed by atoms with Gasteiger partial charge in [0.2, 0.25) is 11.8 Å². The fourth-order valence-electron chi connectivity index (χ4n) is 2.25. The summed E-state index contributed by atoms with van der Waals surface area (Å²) in [5, 5.41) is 6.07. The number of aromatic nitrogens is 1. The third-order valence-corrected chi connectivity index (χ3v) is 4.59. The molecule has 2 N–H and O–H groups in total. The molecule has 1 aromatic carbocycles. The number of fused-ring (bicyclic) bond motifs is 1. The number of nitrogens with zero attached hydrogens (tertiary/aromatic N) is 1. The van der Waals surface area contributed by atoms with Crippen LogP contribution in [0.2, 0.25) is 0 Å². The van der Waals surface area contributed by atoms with Crippen molar-refractivity contribution in [3.8, 4) is 0 Å². The molecule has 0 spiro atoms. The van der Waals surface area contributed by atoms with Gasteiger partial charge in [-0.25, -0.2) is 4.98 Å².